The van der Waals surface area contributed by atoms with E-state index in [1.54, 1.807) is 6.92 Å². The Hall–Kier alpha value is -2.51. The summed E-state index contributed by atoms with van der Waals surface area (Å²) in [4.78, 5) is 23.1. The minimum absolute atomic E-state index is 0.167. The first kappa shape index (κ1) is 14.4. The number of benzene rings is 1. The van der Waals surface area contributed by atoms with Crippen LogP contribution in [-0.2, 0) is 6.54 Å². The van der Waals surface area contributed by atoms with E-state index in [0.29, 0.717) is 24.5 Å². The molecule has 1 fully saturated rings. The predicted octanol–water partition coefficient (Wildman–Crippen LogP) is 1.91. The van der Waals surface area contributed by atoms with Gasteiger partial charge in [0.25, 0.3) is 0 Å². The molecule has 1 saturated carbocycles. The SMILES string of the molecule is CCn1c(C2CC2)nn(-c2cc(F)c(C(=O)O)cc2F)c1=O. The summed E-state index contributed by atoms with van der Waals surface area (Å²) in [5.41, 5.74) is -1.74. The standard InChI is InChI=1S/C14H13F2N3O3/c1-2-18-12(7-3-4-7)17-19(14(18)22)11-6-9(15)8(13(20)21)5-10(11)16/h5-7H,2-4H2,1H3,(H,20,21). The van der Waals surface area contributed by atoms with Gasteiger partial charge in [-0.3, -0.25) is 4.57 Å². The van der Waals surface area contributed by atoms with Gasteiger partial charge in [0.1, 0.15) is 23.1 Å². The lowest BCUT2D eigenvalue weighted by atomic mass is 10.2. The molecule has 0 bridgehead atoms. The van der Waals surface area contributed by atoms with Crippen LogP contribution >= 0.6 is 0 Å². The van der Waals surface area contributed by atoms with E-state index < -0.39 is 28.9 Å². The largest absolute Gasteiger partial charge is 0.478 e. The summed E-state index contributed by atoms with van der Waals surface area (Å²) < 4.78 is 30.0. The Kier molecular flexibility index (Phi) is 3.31. The number of carbonyl (C=O) groups is 1. The Labute approximate surface area is 123 Å². The van der Waals surface area contributed by atoms with Crippen molar-refractivity contribution in [3.05, 3.63) is 45.6 Å². The number of rotatable bonds is 4. The Morgan fingerprint density at radius 2 is 2.05 bits per heavy atom. The molecule has 1 N–H and O–H groups in total. The lowest BCUT2D eigenvalue weighted by molar-refractivity contribution is 0.0691. The molecule has 3 rings (SSSR count). The fourth-order valence-electron chi connectivity index (χ4n) is 2.37. The van der Waals surface area contributed by atoms with Crippen molar-refractivity contribution < 1.29 is 18.7 Å². The van der Waals surface area contributed by atoms with Gasteiger partial charge in [-0.1, -0.05) is 0 Å². The number of carboxylic acids is 1. The van der Waals surface area contributed by atoms with Crippen molar-refractivity contribution in [3.8, 4) is 5.69 Å². The highest BCUT2D eigenvalue weighted by molar-refractivity contribution is 5.88. The minimum Gasteiger partial charge on any atom is -0.478 e. The highest BCUT2D eigenvalue weighted by Crippen LogP contribution is 2.38. The first-order valence-corrected chi connectivity index (χ1v) is 6.86. The minimum atomic E-state index is -1.58. The molecular weight excluding hydrogens is 296 g/mol. The molecule has 2 aromatic rings. The highest BCUT2D eigenvalue weighted by Gasteiger charge is 2.31. The van der Waals surface area contributed by atoms with Gasteiger partial charge in [-0.15, -0.1) is 5.10 Å². The van der Waals surface area contributed by atoms with E-state index in [2.05, 4.69) is 5.10 Å². The van der Waals surface area contributed by atoms with Crippen LogP contribution in [0, 0.1) is 11.6 Å². The predicted molar refractivity (Wildman–Crippen MR) is 72.3 cm³/mol. The maximum absolute atomic E-state index is 14.1. The molecule has 0 amide bonds. The van der Waals surface area contributed by atoms with Crippen molar-refractivity contribution in [2.24, 2.45) is 0 Å². The van der Waals surface area contributed by atoms with Gasteiger partial charge in [0.05, 0.1) is 5.56 Å². The van der Waals surface area contributed by atoms with Crippen LogP contribution in [0.4, 0.5) is 8.78 Å². The molecule has 1 aliphatic rings. The Bertz CT molecular complexity index is 821. The maximum atomic E-state index is 14.1. The van der Waals surface area contributed by atoms with Crippen molar-refractivity contribution in [1.29, 1.82) is 0 Å². The van der Waals surface area contributed by atoms with E-state index in [1.165, 1.54) is 4.57 Å². The molecule has 22 heavy (non-hydrogen) atoms. The number of halogens is 2. The van der Waals surface area contributed by atoms with E-state index >= 15 is 0 Å². The van der Waals surface area contributed by atoms with Crippen molar-refractivity contribution in [1.82, 2.24) is 14.3 Å². The van der Waals surface area contributed by atoms with Gasteiger partial charge in [-0.25, -0.2) is 18.4 Å². The summed E-state index contributed by atoms with van der Waals surface area (Å²) in [6.45, 7) is 2.14. The van der Waals surface area contributed by atoms with E-state index in [0.717, 1.165) is 17.5 Å². The molecule has 0 radical (unpaired) electrons. The summed E-state index contributed by atoms with van der Waals surface area (Å²) >= 11 is 0. The molecule has 0 saturated heterocycles. The van der Waals surface area contributed by atoms with Crippen LogP contribution in [0.15, 0.2) is 16.9 Å². The van der Waals surface area contributed by atoms with Crippen LogP contribution in [-0.4, -0.2) is 25.4 Å². The molecule has 1 aromatic heterocycles. The lowest BCUT2D eigenvalue weighted by Gasteiger charge is -2.04. The topological polar surface area (TPSA) is 77.1 Å². The second-order valence-corrected chi connectivity index (χ2v) is 5.16. The van der Waals surface area contributed by atoms with Gasteiger partial charge in [0, 0.05) is 18.5 Å². The molecule has 8 heteroatoms. The lowest BCUT2D eigenvalue weighted by Crippen LogP contribution is -2.24. The Morgan fingerprint density at radius 1 is 1.36 bits per heavy atom. The van der Waals surface area contributed by atoms with Crippen LogP contribution in [0.25, 0.3) is 5.69 Å². The van der Waals surface area contributed by atoms with Crippen LogP contribution in [0.2, 0.25) is 0 Å². The maximum Gasteiger partial charge on any atom is 0.350 e. The molecule has 0 spiro atoms. The first-order valence-electron chi connectivity index (χ1n) is 6.86. The van der Waals surface area contributed by atoms with Crippen LogP contribution in [0.5, 0.6) is 0 Å². The number of aromatic carboxylic acids is 1. The third-order valence-electron chi connectivity index (χ3n) is 3.64. The normalized spacial score (nSPS) is 14.3. The monoisotopic (exact) mass is 309 g/mol. The second kappa shape index (κ2) is 5.04. The van der Waals surface area contributed by atoms with Crippen LogP contribution in [0.3, 0.4) is 0 Å². The van der Waals surface area contributed by atoms with Gasteiger partial charge in [-0.05, 0) is 25.8 Å². The number of hydrogen-bond donors (Lipinski definition) is 1. The first-order chi connectivity index (χ1) is 10.4. The van der Waals surface area contributed by atoms with Crippen LogP contribution < -0.4 is 5.69 Å². The van der Waals surface area contributed by atoms with Gasteiger partial charge in [0.2, 0.25) is 0 Å². The molecular formula is C14H13F2N3O3. The third kappa shape index (κ3) is 2.20. The third-order valence-corrected chi connectivity index (χ3v) is 3.64. The molecule has 0 atom stereocenters. The fourth-order valence-corrected chi connectivity index (χ4v) is 2.37. The molecule has 116 valence electrons. The van der Waals surface area contributed by atoms with Crippen molar-refractivity contribution in [2.75, 3.05) is 0 Å². The number of carboxylic acid groups (broad SMARTS) is 1. The zero-order chi connectivity index (χ0) is 16.0. The summed E-state index contributed by atoms with van der Waals surface area (Å²) in [6.07, 6.45) is 1.82. The van der Waals surface area contributed by atoms with Gasteiger partial charge in [-0.2, -0.15) is 4.68 Å². The summed E-state index contributed by atoms with van der Waals surface area (Å²) in [5.74, 6) is -2.98. The number of nitrogens with zero attached hydrogens (tertiary/aromatic N) is 3. The van der Waals surface area contributed by atoms with E-state index in [4.69, 9.17) is 5.11 Å². The highest BCUT2D eigenvalue weighted by atomic mass is 19.1. The van der Waals surface area contributed by atoms with E-state index in [9.17, 15) is 18.4 Å². The summed E-state index contributed by atoms with van der Waals surface area (Å²) in [6, 6.07) is 1.24. The molecule has 1 aromatic carbocycles. The van der Waals surface area contributed by atoms with E-state index in [-0.39, 0.29) is 11.6 Å². The van der Waals surface area contributed by atoms with Gasteiger partial charge < -0.3 is 5.11 Å². The molecule has 6 nitrogen and oxygen atoms in total. The second-order valence-electron chi connectivity index (χ2n) is 5.16. The van der Waals surface area contributed by atoms with Gasteiger partial charge >= 0.3 is 11.7 Å². The van der Waals surface area contributed by atoms with Crippen molar-refractivity contribution in [2.45, 2.75) is 32.2 Å². The van der Waals surface area contributed by atoms with Crippen molar-refractivity contribution in [3.63, 3.8) is 0 Å². The van der Waals surface area contributed by atoms with Crippen molar-refractivity contribution >= 4 is 5.97 Å². The van der Waals surface area contributed by atoms with E-state index in [1.807, 2.05) is 0 Å². The number of aromatic nitrogens is 3. The van der Waals surface area contributed by atoms with Crippen LogP contribution in [0.1, 0.15) is 41.9 Å². The fraction of sp³-hybridized carbons (Fsp3) is 0.357. The zero-order valence-corrected chi connectivity index (χ0v) is 11.7. The average Bonchev–Trinajstić information content (AvgIpc) is 3.25. The molecule has 0 aliphatic heterocycles. The summed E-state index contributed by atoms with van der Waals surface area (Å²) in [5, 5.41) is 12.9. The summed E-state index contributed by atoms with van der Waals surface area (Å²) in [7, 11) is 0. The molecule has 0 unspecified atom stereocenters. The quantitative estimate of drug-likeness (QED) is 0.936. The molecule has 1 heterocycles. The molecule has 1 aliphatic carbocycles. The zero-order valence-electron chi connectivity index (χ0n) is 11.7. The average molecular weight is 309 g/mol. The smallest absolute Gasteiger partial charge is 0.350 e. The Morgan fingerprint density at radius 3 is 2.59 bits per heavy atom. The Balaban J connectivity index is 2.18. The number of hydrogen-bond acceptors (Lipinski definition) is 3. The van der Waals surface area contributed by atoms with Gasteiger partial charge in [0.15, 0.2) is 0 Å².